The molecule has 3 rings (SSSR count). The van der Waals surface area contributed by atoms with Gasteiger partial charge in [0.15, 0.2) is 5.16 Å². The van der Waals surface area contributed by atoms with E-state index in [2.05, 4.69) is 42.8 Å². The maximum atomic E-state index is 11.1. The Morgan fingerprint density at radius 1 is 1.44 bits per heavy atom. The van der Waals surface area contributed by atoms with Crippen LogP contribution in [0.25, 0.3) is 0 Å². The number of halogens is 1. The molecule has 0 bridgehead atoms. The second kappa shape index (κ2) is 8.82. The van der Waals surface area contributed by atoms with Gasteiger partial charge in [-0.05, 0) is 30.5 Å². The highest BCUT2D eigenvalue weighted by Crippen LogP contribution is 2.25. The summed E-state index contributed by atoms with van der Waals surface area (Å²) >= 11 is 5.14. The number of benzene rings is 1. The summed E-state index contributed by atoms with van der Waals surface area (Å²) in [5.74, 6) is 1.28. The van der Waals surface area contributed by atoms with Gasteiger partial charge in [-0.15, -0.1) is 10.2 Å². The van der Waals surface area contributed by atoms with Gasteiger partial charge in [-0.25, -0.2) is 0 Å². The highest BCUT2D eigenvalue weighted by Gasteiger charge is 2.21. The first-order valence-corrected chi connectivity index (χ1v) is 10.1. The zero-order valence-electron chi connectivity index (χ0n) is 13.9. The smallest absolute Gasteiger partial charge is 0.217 e. The molecule has 134 valence electrons. The molecule has 1 atom stereocenters. The number of rotatable bonds is 8. The van der Waals surface area contributed by atoms with E-state index in [-0.39, 0.29) is 18.4 Å². The molecule has 2 aromatic rings. The van der Waals surface area contributed by atoms with Gasteiger partial charge in [0.2, 0.25) is 5.91 Å². The fourth-order valence-electron chi connectivity index (χ4n) is 2.80. The molecule has 2 N–H and O–H groups in total. The largest absolute Gasteiger partial charge is 0.376 e. The second-order valence-corrected chi connectivity index (χ2v) is 7.89. The molecule has 1 aromatic carbocycles. The molecular weight excluding hydrogens is 404 g/mol. The molecule has 2 heterocycles. The Balaban J connectivity index is 1.73. The molecule has 8 heteroatoms. The Labute approximate surface area is 159 Å². The number of ether oxygens (including phenoxy) is 1. The normalized spacial score (nSPS) is 17.1. The Morgan fingerprint density at radius 3 is 3.04 bits per heavy atom. The van der Waals surface area contributed by atoms with E-state index in [4.69, 9.17) is 10.5 Å². The molecule has 1 fully saturated rings. The Hall–Kier alpha value is -1.38. The van der Waals surface area contributed by atoms with Gasteiger partial charge < -0.3 is 15.0 Å². The fraction of sp³-hybridized carbons (Fsp3) is 0.471. The number of hydrogen-bond acceptors (Lipinski definition) is 5. The SMILES string of the molecule is NC(=O)CCc1nnc(SCc2cccc(Br)c2)n1CC1CCCO1. The lowest BCUT2D eigenvalue weighted by atomic mass is 10.2. The van der Waals surface area contributed by atoms with Crippen LogP contribution in [-0.2, 0) is 28.2 Å². The van der Waals surface area contributed by atoms with Crippen LogP contribution in [0, 0.1) is 0 Å². The van der Waals surface area contributed by atoms with Crippen molar-refractivity contribution >= 4 is 33.6 Å². The number of primary amides is 1. The number of aromatic nitrogens is 3. The quantitative estimate of drug-likeness (QED) is 0.658. The summed E-state index contributed by atoms with van der Waals surface area (Å²) in [7, 11) is 0. The molecular formula is C17H21BrN4O2S. The summed E-state index contributed by atoms with van der Waals surface area (Å²) < 4.78 is 8.91. The lowest BCUT2D eigenvalue weighted by Crippen LogP contribution is -2.19. The molecule has 25 heavy (non-hydrogen) atoms. The predicted molar refractivity (Wildman–Crippen MR) is 100 cm³/mol. The molecule has 1 saturated heterocycles. The van der Waals surface area contributed by atoms with Gasteiger partial charge in [-0.3, -0.25) is 4.79 Å². The van der Waals surface area contributed by atoms with Gasteiger partial charge in [-0.2, -0.15) is 0 Å². The van der Waals surface area contributed by atoms with E-state index in [0.717, 1.165) is 47.2 Å². The molecule has 1 amide bonds. The minimum atomic E-state index is -0.324. The van der Waals surface area contributed by atoms with Crippen LogP contribution in [0.15, 0.2) is 33.9 Å². The van der Waals surface area contributed by atoms with Gasteiger partial charge in [0.1, 0.15) is 5.82 Å². The van der Waals surface area contributed by atoms with Crippen molar-refractivity contribution in [2.75, 3.05) is 6.61 Å². The number of thioether (sulfide) groups is 1. The number of nitrogens with zero attached hydrogens (tertiary/aromatic N) is 3. The average molecular weight is 425 g/mol. The van der Waals surface area contributed by atoms with E-state index in [1.807, 2.05) is 12.1 Å². The van der Waals surface area contributed by atoms with Crippen molar-refractivity contribution in [3.05, 3.63) is 40.1 Å². The van der Waals surface area contributed by atoms with Crippen molar-refractivity contribution in [1.29, 1.82) is 0 Å². The van der Waals surface area contributed by atoms with Gasteiger partial charge >= 0.3 is 0 Å². The van der Waals surface area contributed by atoms with Crippen LogP contribution in [0.1, 0.15) is 30.7 Å². The topological polar surface area (TPSA) is 83.0 Å². The van der Waals surface area contributed by atoms with Crippen LogP contribution in [0.2, 0.25) is 0 Å². The monoisotopic (exact) mass is 424 g/mol. The highest BCUT2D eigenvalue weighted by atomic mass is 79.9. The summed E-state index contributed by atoms with van der Waals surface area (Å²) in [4.78, 5) is 11.1. The molecule has 6 nitrogen and oxygen atoms in total. The molecule has 1 aromatic heterocycles. The third kappa shape index (κ3) is 5.29. The third-order valence-corrected chi connectivity index (χ3v) is 5.59. The summed E-state index contributed by atoms with van der Waals surface area (Å²) in [6.45, 7) is 1.53. The average Bonchev–Trinajstić information content (AvgIpc) is 3.22. The van der Waals surface area contributed by atoms with E-state index in [1.165, 1.54) is 5.56 Å². The van der Waals surface area contributed by atoms with Crippen molar-refractivity contribution < 1.29 is 9.53 Å². The predicted octanol–water partition coefficient (Wildman–Crippen LogP) is 2.93. The van der Waals surface area contributed by atoms with Crippen molar-refractivity contribution in [1.82, 2.24) is 14.8 Å². The zero-order chi connectivity index (χ0) is 17.6. The van der Waals surface area contributed by atoms with Crippen LogP contribution in [0.3, 0.4) is 0 Å². The number of aryl methyl sites for hydroxylation is 1. The van der Waals surface area contributed by atoms with Crippen LogP contribution in [-0.4, -0.2) is 33.4 Å². The van der Waals surface area contributed by atoms with Crippen molar-refractivity contribution in [2.45, 2.75) is 49.2 Å². The van der Waals surface area contributed by atoms with E-state index in [1.54, 1.807) is 11.8 Å². The van der Waals surface area contributed by atoms with Gasteiger partial charge in [0.25, 0.3) is 0 Å². The molecule has 1 aliphatic heterocycles. The summed E-state index contributed by atoms with van der Waals surface area (Å²) in [6, 6.07) is 8.22. The fourth-order valence-corrected chi connectivity index (χ4v) is 4.15. The maximum absolute atomic E-state index is 11.1. The second-order valence-electron chi connectivity index (χ2n) is 6.03. The molecule has 1 aliphatic rings. The first-order chi connectivity index (χ1) is 12.1. The molecule has 0 aliphatic carbocycles. The summed E-state index contributed by atoms with van der Waals surface area (Å²) in [5.41, 5.74) is 6.49. The number of hydrogen-bond donors (Lipinski definition) is 1. The van der Waals surface area contributed by atoms with Gasteiger partial charge in [0, 0.05) is 29.7 Å². The van der Waals surface area contributed by atoms with Gasteiger partial charge in [0.05, 0.1) is 12.6 Å². The lowest BCUT2D eigenvalue weighted by molar-refractivity contribution is -0.118. The minimum Gasteiger partial charge on any atom is -0.376 e. The molecule has 0 radical (unpaired) electrons. The molecule has 1 unspecified atom stereocenters. The van der Waals surface area contributed by atoms with E-state index >= 15 is 0 Å². The first kappa shape index (κ1) is 18.4. The van der Waals surface area contributed by atoms with Crippen LogP contribution in [0.5, 0.6) is 0 Å². The first-order valence-electron chi connectivity index (χ1n) is 8.31. The minimum absolute atomic E-state index is 0.188. The number of amides is 1. The Kier molecular flexibility index (Phi) is 6.50. The lowest BCUT2D eigenvalue weighted by Gasteiger charge is -2.14. The van der Waals surface area contributed by atoms with Crippen LogP contribution < -0.4 is 5.73 Å². The summed E-state index contributed by atoms with van der Waals surface area (Å²) in [6.07, 6.45) is 3.10. The standard InChI is InChI=1S/C17H21BrN4O2S/c18-13-4-1-3-12(9-13)11-25-17-21-20-16(7-6-15(19)23)22(17)10-14-5-2-8-24-14/h1,3-4,9,14H,2,5-8,10-11H2,(H2,19,23). The van der Waals surface area contributed by atoms with E-state index in [0.29, 0.717) is 6.42 Å². The van der Waals surface area contributed by atoms with E-state index in [9.17, 15) is 4.79 Å². The third-order valence-electron chi connectivity index (χ3n) is 4.06. The highest BCUT2D eigenvalue weighted by molar-refractivity contribution is 9.10. The summed E-state index contributed by atoms with van der Waals surface area (Å²) in [5, 5.41) is 9.47. The maximum Gasteiger partial charge on any atom is 0.217 e. The zero-order valence-corrected chi connectivity index (χ0v) is 16.3. The molecule has 0 spiro atoms. The Bertz CT molecular complexity index is 731. The van der Waals surface area contributed by atoms with Crippen LogP contribution in [0.4, 0.5) is 0 Å². The number of carbonyl (C=O) groups excluding carboxylic acids is 1. The van der Waals surface area contributed by atoms with Crippen LogP contribution >= 0.6 is 27.7 Å². The molecule has 0 saturated carbocycles. The van der Waals surface area contributed by atoms with E-state index < -0.39 is 0 Å². The number of nitrogens with two attached hydrogens (primary N) is 1. The van der Waals surface area contributed by atoms with Crippen molar-refractivity contribution in [2.24, 2.45) is 5.73 Å². The Morgan fingerprint density at radius 2 is 2.32 bits per heavy atom. The van der Waals surface area contributed by atoms with Crippen molar-refractivity contribution in [3.8, 4) is 0 Å². The van der Waals surface area contributed by atoms with Gasteiger partial charge in [-0.1, -0.05) is 39.8 Å². The number of carbonyl (C=O) groups is 1. The van der Waals surface area contributed by atoms with Crippen molar-refractivity contribution in [3.63, 3.8) is 0 Å².